The number of halogens is 4. The summed E-state index contributed by atoms with van der Waals surface area (Å²) in [5, 5.41) is 2.58. The smallest absolute Gasteiger partial charge is 0.253 e. The number of nitrogens with one attached hydrogen (secondary N) is 1. The van der Waals surface area contributed by atoms with Gasteiger partial charge >= 0.3 is 0 Å². The maximum absolute atomic E-state index is 13.1. The lowest BCUT2D eigenvalue weighted by Gasteiger charge is -2.16. The lowest BCUT2D eigenvalue weighted by Crippen LogP contribution is -2.41. The van der Waals surface area contributed by atoms with Crippen molar-refractivity contribution < 1.29 is 13.6 Å². The second-order valence-corrected chi connectivity index (χ2v) is 4.81. The van der Waals surface area contributed by atoms with Gasteiger partial charge in [0.05, 0.1) is 10.6 Å². The van der Waals surface area contributed by atoms with E-state index >= 15 is 0 Å². The van der Waals surface area contributed by atoms with E-state index in [0.29, 0.717) is 12.5 Å². The number of carbonyl (C=O) groups is 1. The maximum atomic E-state index is 13.1. The zero-order valence-electron chi connectivity index (χ0n) is 9.96. The van der Waals surface area contributed by atoms with Gasteiger partial charge in [-0.3, -0.25) is 4.79 Å². The molecule has 1 atom stereocenters. The first-order valence-corrected chi connectivity index (χ1v) is 6.06. The summed E-state index contributed by atoms with van der Waals surface area (Å²) in [5.74, 6) is -2.32. The summed E-state index contributed by atoms with van der Waals surface area (Å²) in [4.78, 5) is 11.9. The predicted molar refractivity (Wildman–Crippen MR) is 71.6 cm³/mol. The first-order valence-electron chi connectivity index (χ1n) is 5.68. The quantitative estimate of drug-likeness (QED) is 0.840. The van der Waals surface area contributed by atoms with Crippen LogP contribution in [0.25, 0.3) is 0 Å². The molecule has 0 aromatic heterocycles. The molecule has 1 aliphatic carbocycles. The van der Waals surface area contributed by atoms with Crippen molar-refractivity contribution in [2.75, 3.05) is 6.54 Å². The van der Waals surface area contributed by atoms with Gasteiger partial charge in [-0.05, 0) is 30.9 Å². The summed E-state index contributed by atoms with van der Waals surface area (Å²) in [6.45, 7) is 0.317. The van der Waals surface area contributed by atoms with Crippen LogP contribution in [0.2, 0.25) is 5.02 Å². The van der Waals surface area contributed by atoms with Crippen LogP contribution in [-0.2, 0) is 0 Å². The maximum Gasteiger partial charge on any atom is 0.253 e. The van der Waals surface area contributed by atoms with E-state index in [9.17, 15) is 13.6 Å². The van der Waals surface area contributed by atoms with Crippen molar-refractivity contribution in [2.24, 2.45) is 11.7 Å². The Balaban J connectivity index is 0.00000180. The van der Waals surface area contributed by atoms with Crippen molar-refractivity contribution in [2.45, 2.75) is 18.9 Å². The fourth-order valence-corrected chi connectivity index (χ4v) is 2.05. The van der Waals surface area contributed by atoms with Crippen LogP contribution >= 0.6 is 24.0 Å². The number of carbonyl (C=O) groups excluding carboxylic acids is 1. The topological polar surface area (TPSA) is 55.1 Å². The van der Waals surface area contributed by atoms with E-state index in [1.54, 1.807) is 0 Å². The van der Waals surface area contributed by atoms with Crippen molar-refractivity contribution in [1.82, 2.24) is 5.32 Å². The summed E-state index contributed by atoms with van der Waals surface area (Å²) in [7, 11) is 0. The van der Waals surface area contributed by atoms with Crippen LogP contribution in [0.1, 0.15) is 23.2 Å². The third kappa shape index (κ3) is 3.78. The molecule has 0 radical (unpaired) electrons. The summed E-state index contributed by atoms with van der Waals surface area (Å²) >= 11 is 5.72. The third-order valence-corrected chi connectivity index (χ3v) is 3.33. The Kier molecular flexibility index (Phi) is 5.52. The fourth-order valence-electron chi connectivity index (χ4n) is 1.81. The molecule has 1 aromatic rings. The number of hydrogen-bond donors (Lipinski definition) is 2. The minimum absolute atomic E-state index is 0. The zero-order chi connectivity index (χ0) is 13.3. The number of amides is 1. The van der Waals surface area contributed by atoms with Crippen molar-refractivity contribution in [1.29, 1.82) is 0 Å². The minimum Gasteiger partial charge on any atom is -0.348 e. The minimum atomic E-state index is -1.10. The van der Waals surface area contributed by atoms with E-state index in [1.165, 1.54) is 0 Å². The van der Waals surface area contributed by atoms with Gasteiger partial charge in [-0.1, -0.05) is 11.6 Å². The largest absolute Gasteiger partial charge is 0.348 e. The average Bonchev–Trinajstić information content (AvgIpc) is 3.14. The van der Waals surface area contributed by atoms with Crippen LogP contribution in [0.5, 0.6) is 0 Å². The van der Waals surface area contributed by atoms with E-state index in [4.69, 9.17) is 17.3 Å². The molecule has 0 heterocycles. The Labute approximate surface area is 120 Å². The molecule has 19 heavy (non-hydrogen) atoms. The molecule has 1 fully saturated rings. The zero-order valence-corrected chi connectivity index (χ0v) is 11.5. The van der Waals surface area contributed by atoms with E-state index in [0.717, 1.165) is 25.0 Å². The fraction of sp³-hybridized carbons (Fsp3) is 0.417. The Morgan fingerprint density at radius 3 is 2.53 bits per heavy atom. The number of rotatable bonds is 4. The van der Waals surface area contributed by atoms with Gasteiger partial charge in [0.15, 0.2) is 11.6 Å². The Morgan fingerprint density at radius 1 is 1.42 bits per heavy atom. The van der Waals surface area contributed by atoms with Gasteiger partial charge in [-0.25, -0.2) is 8.78 Å². The number of hydrogen-bond acceptors (Lipinski definition) is 2. The molecule has 0 saturated heterocycles. The van der Waals surface area contributed by atoms with Crippen molar-refractivity contribution in [3.05, 3.63) is 34.4 Å². The van der Waals surface area contributed by atoms with Gasteiger partial charge in [-0.2, -0.15) is 0 Å². The molecule has 2 rings (SSSR count). The SMILES string of the molecule is Cl.NCC(NC(=O)c1cc(F)c(F)cc1Cl)C1CC1. The van der Waals surface area contributed by atoms with Gasteiger partial charge < -0.3 is 11.1 Å². The summed E-state index contributed by atoms with van der Waals surface area (Å²) in [6.07, 6.45) is 2.04. The molecule has 0 bridgehead atoms. The van der Waals surface area contributed by atoms with Crippen LogP contribution in [0.15, 0.2) is 12.1 Å². The van der Waals surface area contributed by atoms with E-state index in [2.05, 4.69) is 5.32 Å². The van der Waals surface area contributed by atoms with Gasteiger partial charge in [0.1, 0.15) is 0 Å². The van der Waals surface area contributed by atoms with Crippen LogP contribution in [0.4, 0.5) is 8.78 Å². The van der Waals surface area contributed by atoms with Gasteiger partial charge in [0, 0.05) is 12.6 Å². The van der Waals surface area contributed by atoms with E-state index in [-0.39, 0.29) is 29.0 Å². The molecule has 1 aromatic carbocycles. The molecule has 0 aliphatic heterocycles. The van der Waals surface area contributed by atoms with Crippen molar-refractivity contribution >= 4 is 29.9 Å². The second kappa shape index (κ2) is 6.50. The molecular formula is C12H14Cl2F2N2O. The highest BCUT2D eigenvalue weighted by Gasteiger charge is 2.31. The Hall–Kier alpha value is -0.910. The van der Waals surface area contributed by atoms with Crippen LogP contribution in [-0.4, -0.2) is 18.5 Å². The van der Waals surface area contributed by atoms with Crippen LogP contribution in [0, 0.1) is 17.6 Å². The molecule has 0 spiro atoms. The third-order valence-electron chi connectivity index (χ3n) is 3.02. The Bertz CT molecular complexity index is 481. The van der Waals surface area contributed by atoms with Crippen molar-refractivity contribution in [3.8, 4) is 0 Å². The number of benzene rings is 1. The standard InChI is InChI=1S/C12H13ClF2N2O.ClH/c13-8-4-10(15)9(14)3-7(8)12(18)17-11(5-16)6-1-2-6;/h3-4,6,11H,1-2,5,16H2,(H,17,18);1H. The monoisotopic (exact) mass is 310 g/mol. The normalized spacial score (nSPS) is 15.6. The molecule has 106 valence electrons. The highest BCUT2D eigenvalue weighted by Crippen LogP contribution is 2.32. The predicted octanol–water partition coefficient (Wildman–Crippen LogP) is 2.51. The molecule has 1 saturated carbocycles. The number of nitrogens with two attached hydrogens (primary N) is 1. The lowest BCUT2D eigenvalue weighted by molar-refractivity contribution is 0.0933. The van der Waals surface area contributed by atoms with Crippen LogP contribution < -0.4 is 11.1 Å². The molecule has 3 nitrogen and oxygen atoms in total. The second-order valence-electron chi connectivity index (χ2n) is 4.40. The highest BCUT2D eigenvalue weighted by atomic mass is 35.5. The summed E-state index contributed by atoms with van der Waals surface area (Å²) < 4.78 is 26.0. The molecule has 1 aliphatic rings. The van der Waals surface area contributed by atoms with E-state index < -0.39 is 17.5 Å². The molecule has 1 unspecified atom stereocenters. The molecular weight excluding hydrogens is 297 g/mol. The van der Waals surface area contributed by atoms with Crippen LogP contribution in [0.3, 0.4) is 0 Å². The first kappa shape index (κ1) is 16.1. The summed E-state index contributed by atoms with van der Waals surface area (Å²) in [6, 6.07) is 1.45. The molecule has 1 amide bonds. The van der Waals surface area contributed by atoms with Crippen molar-refractivity contribution in [3.63, 3.8) is 0 Å². The van der Waals surface area contributed by atoms with Gasteiger partial charge in [0.2, 0.25) is 0 Å². The molecule has 3 N–H and O–H groups in total. The first-order chi connectivity index (χ1) is 8.52. The van der Waals surface area contributed by atoms with E-state index in [1.807, 2.05) is 0 Å². The Morgan fingerprint density at radius 2 is 2.00 bits per heavy atom. The van der Waals surface area contributed by atoms with Gasteiger partial charge in [0.25, 0.3) is 5.91 Å². The molecule has 7 heteroatoms. The lowest BCUT2D eigenvalue weighted by atomic mass is 10.1. The highest BCUT2D eigenvalue weighted by molar-refractivity contribution is 6.33. The average molecular weight is 311 g/mol. The summed E-state index contributed by atoms with van der Waals surface area (Å²) in [5.41, 5.74) is 5.48. The van der Waals surface area contributed by atoms with Gasteiger partial charge in [-0.15, -0.1) is 12.4 Å².